The topological polar surface area (TPSA) is 66.5 Å². The van der Waals surface area contributed by atoms with Gasteiger partial charge in [-0.25, -0.2) is 8.42 Å². The summed E-state index contributed by atoms with van der Waals surface area (Å²) in [7, 11) is -3.57. The molecule has 1 saturated heterocycles. The van der Waals surface area contributed by atoms with E-state index in [1.807, 2.05) is 60.9 Å². The van der Waals surface area contributed by atoms with Crippen molar-refractivity contribution in [1.82, 2.24) is 4.31 Å². The molecule has 1 fully saturated rings. The largest absolute Gasteiger partial charge is 0.325 e. The number of thioether (sulfide) groups is 1. The molecule has 1 N–H and O–H groups in total. The Morgan fingerprint density at radius 2 is 1.63 bits per heavy atom. The minimum atomic E-state index is -3.57. The minimum absolute atomic E-state index is 0.0424. The first-order chi connectivity index (χ1) is 14.5. The molecule has 156 valence electrons. The van der Waals surface area contributed by atoms with Gasteiger partial charge in [-0.15, -0.1) is 11.8 Å². The van der Waals surface area contributed by atoms with Crippen molar-refractivity contribution in [2.45, 2.75) is 22.6 Å². The molecule has 1 amide bonds. The monoisotopic (exact) mass is 440 g/mol. The molecule has 1 heterocycles. The Labute approximate surface area is 181 Å². The SMILES string of the molecule is CSc1ccccc1NC(=O)C1CCN(S(=O)(=O)c2ccc3ccccc3c2)CC1. The maximum absolute atomic E-state index is 13.1. The number of hydrogen-bond acceptors (Lipinski definition) is 4. The van der Waals surface area contributed by atoms with Crippen LogP contribution in [-0.4, -0.2) is 38.0 Å². The molecule has 0 radical (unpaired) electrons. The highest BCUT2D eigenvalue weighted by atomic mass is 32.2. The van der Waals surface area contributed by atoms with Gasteiger partial charge in [0.1, 0.15) is 0 Å². The lowest BCUT2D eigenvalue weighted by molar-refractivity contribution is -0.120. The number of nitrogens with one attached hydrogen (secondary N) is 1. The second-order valence-electron chi connectivity index (χ2n) is 7.38. The lowest BCUT2D eigenvalue weighted by Gasteiger charge is -2.30. The zero-order valence-corrected chi connectivity index (χ0v) is 18.4. The molecule has 0 saturated carbocycles. The van der Waals surface area contributed by atoms with Crippen LogP contribution in [0.2, 0.25) is 0 Å². The number of rotatable bonds is 5. The Kier molecular flexibility index (Phi) is 6.13. The number of fused-ring (bicyclic) bond motifs is 1. The first-order valence-corrected chi connectivity index (χ1v) is 12.6. The Morgan fingerprint density at radius 3 is 2.37 bits per heavy atom. The van der Waals surface area contributed by atoms with Gasteiger partial charge in [-0.3, -0.25) is 4.79 Å². The van der Waals surface area contributed by atoms with Crippen molar-refractivity contribution in [3.8, 4) is 0 Å². The van der Waals surface area contributed by atoms with Crippen LogP contribution in [0, 0.1) is 5.92 Å². The van der Waals surface area contributed by atoms with E-state index in [1.165, 1.54) is 4.31 Å². The highest BCUT2D eigenvalue weighted by Gasteiger charge is 2.32. The van der Waals surface area contributed by atoms with Crippen molar-refractivity contribution in [2.24, 2.45) is 5.92 Å². The zero-order valence-electron chi connectivity index (χ0n) is 16.7. The van der Waals surface area contributed by atoms with E-state index in [2.05, 4.69) is 5.32 Å². The first kappa shape index (κ1) is 20.9. The number of benzene rings is 3. The summed E-state index contributed by atoms with van der Waals surface area (Å²) in [5.74, 6) is -0.234. The zero-order chi connectivity index (χ0) is 21.1. The van der Waals surface area contributed by atoms with Crippen LogP contribution in [-0.2, 0) is 14.8 Å². The lowest BCUT2D eigenvalue weighted by Crippen LogP contribution is -2.41. The van der Waals surface area contributed by atoms with Gasteiger partial charge in [0, 0.05) is 23.9 Å². The summed E-state index contributed by atoms with van der Waals surface area (Å²) in [6.45, 7) is 0.689. The van der Waals surface area contributed by atoms with Gasteiger partial charge in [0.15, 0.2) is 0 Å². The molecular weight excluding hydrogens is 416 g/mol. The van der Waals surface area contributed by atoms with Crippen LogP contribution in [0.15, 0.2) is 76.5 Å². The fourth-order valence-corrected chi connectivity index (χ4v) is 5.88. The summed E-state index contributed by atoms with van der Waals surface area (Å²) in [4.78, 5) is 14.0. The molecule has 5 nitrogen and oxygen atoms in total. The molecule has 4 rings (SSSR count). The summed E-state index contributed by atoms with van der Waals surface area (Å²) in [5, 5.41) is 4.92. The fraction of sp³-hybridized carbons (Fsp3) is 0.261. The predicted octanol–water partition coefficient (Wildman–Crippen LogP) is 4.60. The molecule has 0 atom stereocenters. The van der Waals surface area contributed by atoms with Crippen molar-refractivity contribution in [2.75, 3.05) is 24.7 Å². The van der Waals surface area contributed by atoms with E-state index in [4.69, 9.17) is 0 Å². The standard InChI is InChI=1S/C23H24N2O3S2/c1-29-22-9-5-4-8-21(22)24-23(26)18-12-14-25(15-13-18)30(27,28)20-11-10-17-6-2-3-7-19(17)16-20/h2-11,16,18H,12-15H2,1H3,(H,24,26). The summed E-state index contributed by atoms with van der Waals surface area (Å²) in [5.41, 5.74) is 0.807. The number of nitrogens with zero attached hydrogens (tertiary/aromatic N) is 1. The Hall–Kier alpha value is -2.35. The van der Waals surface area contributed by atoms with Gasteiger partial charge < -0.3 is 5.32 Å². The molecule has 1 aliphatic heterocycles. The molecule has 0 spiro atoms. The molecule has 30 heavy (non-hydrogen) atoms. The van der Waals surface area contributed by atoms with Crippen molar-refractivity contribution >= 4 is 44.2 Å². The number of hydrogen-bond donors (Lipinski definition) is 1. The molecule has 3 aromatic carbocycles. The molecule has 1 aliphatic rings. The minimum Gasteiger partial charge on any atom is -0.325 e. The average Bonchev–Trinajstić information content (AvgIpc) is 2.79. The fourth-order valence-electron chi connectivity index (χ4n) is 3.82. The summed E-state index contributed by atoms with van der Waals surface area (Å²) >= 11 is 1.58. The second-order valence-corrected chi connectivity index (χ2v) is 10.2. The molecule has 7 heteroatoms. The second kappa shape index (κ2) is 8.79. The van der Waals surface area contributed by atoms with Crippen LogP contribution in [0.3, 0.4) is 0 Å². The van der Waals surface area contributed by atoms with E-state index in [9.17, 15) is 13.2 Å². The third-order valence-corrected chi connectivity index (χ3v) is 8.24. The predicted molar refractivity (Wildman–Crippen MR) is 122 cm³/mol. The number of carbonyl (C=O) groups is 1. The van der Waals surface area contributed by atoms with Crippen molar-refractivity contribution in [3.63, 3.8) is 0 Å². The molecule has 0 unspecified atom stereocenters. The van der Waals surface area contributed by atoms with Crippen LogP contribution < -0.4 is 5.32 Å². The van der Waals surface area contributed by atoms with E-state index in [0.29, 0.717) is 30.8 Å². The Morgan fingerprint density at radius 1 is 0.967 bits per heavy atom. The van der Waals surface area contributed by atoms with Gasteiger partial charge in [0.25, 0.3) is 0 Å². The third kappa shape index (κ3) is 4.24. The van der Waals surface area contributed by atoms with Gasteiger partial charge in [0.05, 0.1) is 10.6 Å². The van der Waals surface area contributed by atoms with Crippen molar-refractivity contribution in [1.29, 1.82) is 0 Å². The maximum Gasteiger partial charge on any atom is 0.243 e. The first-order valence-electron chi connectivity index (χ1n) is 9.92. The Balaban J connectivity index is 1.43. The van der Waals surface area contributed by atoms with E-state index in [1.54, 1.807) is 23.9 Å². The molecule has 0 aromatic heterocycles. The number of anilines is 1. The lowest BCUT2D eigenvalue weighted by atomic mass is 9.97. The maximum atomic E-state index is 13.1. The van der Waals surface area contributed by atoms with Gasteiger partial charge in [0.2, 0.25) is 15.9 Å². The number of para-hydroxylation sites is 1. The van der Waals surface area contributed by atoms with Crippen LogP contribution >= 0.6 is 11.8 Å². The van der Waals surface area contributed by atoms with Crippen LogP contribution in [0.1, 0.15) is 12.8 Å². The van der Waals surface area contributed by atoms with E-state index >= 15 is 0 Å². The van der Waals surface area contributed by atoms with Gasteiger partial charge in [-0.1, -0.05) is 42.5 Å². The highest BCUT2D eigenvalue weighted by molar-refractivity contribution is 7.98. The third-order valence-electron chi connectivity index (χ3n) is 5.55. The summed E-state index contributed by atoms with van der Waals surface area (Å²) < 4.78 is 27.7. The van der Waals surface area contributed by atoms with E-state index < -0.39 is 10.0 Å². The summed E-state index contributed by atoms with van der Waals surface area (Å²) in [6, 6.07) is 20.6. The molecule has 3 aromatic rings. The highest BCUT2D eigenvalue weighted by Crippen LogP contribution is 2.29. The number of amides is 1. The Bertz CT molecular complexity index is 1170. The molecular formula is C23H24N2O3S2. The number of carbonyl (C=O) groups excluding carboxylic acids is 1. The summed E-state index contributed by atoms with van der Waals surface area (Å²) in [6.07, 6.45) is 3.00. The van der Waals surface area contributed by atoms with Crippen LogP contribution in [0.5, 0.6) is 0 Å². The number of sulfonamides is 1. The molecule has 0 bridgehead atoms. The van der Waals surface area contributed by atoms with Gasteiger partial charge in [-0.05, 0) is 54.1 Å². The number of piperidine rings is 1. The van der Waals surface area contributed by atoms with E-state index in [0.717, 1.165) is 21.4 Å². The van der Waals surface area contributed by atoms with Crippen molar-refractivity contribution < 1.29 is 13.2 Å². The van der Waals surface area contributed by atoms with Crippen LogP contribution in [0.4, 0.5) is 5.69 Å². The molecule has 0 aliphatic carbocycles. The average molecular weight is 441 g/mol. The van der Waals surface area contributed by atoms with Crippen LogP contribution in [0.25, 0.3) is 10.8 Å². The van der Waals surface area contributed by atoms with Gasteiger partial charge in [-0.2, -0.15) is 4.31 Å². The van der Waals surface area contributed by atoms with E-state index in [-0.39, 0.29) is 11.8 Å². The van der Waals surface area contributed by atoms with Gasteiger partial charge >= 0.3 is 0 Å². The smallest absolute Gasteiger partial charge is 0.243 e. The quantitative estimate of drug-likeness (QED) is 0.589. The normalized spacial score (nSPS) is 15.9. The van der Waals surface area contributed by atoms with Crippen molar-refractivity contribution in [3.05, 3.63) is 66.7 Å².